The second-order valence-corrected chi connectivity index (χ2v) is 3.87. The van der Waals surface area contributed by atoms with Crippen LogP contribution >= 0.6 is 0 Å². The topological polar surface area (TPSA) is 99.9 Å². The minimum absolute atomic E-state index is 0.0726. The number of aromatic nitrogens is 3. The Hall–Kier alpha value is -2.28. The number of nitrogens with two attached hydrogens (primary N) is 1. The van der Waals surface area contributed by atoms with Crippen molar-refractivity contribution in [1.29, 1.82) is 0 Å². The van der Waals surface area contributed by atoms with Crippen molar-refractivity contribution in [3.8, 4) is 5.69 Å². The van der Waals surface area contributed by atoms with E-state index in [1.165, 1.54) is 10.7 Å². The van der Waals surface area contributed by atoms with Crippen LogP contribution in [0.2, 0.25) is 0 Å². The van der Waals surface area contributed by atoms with Gasteiger partial charge in [-0.25, -0.2) is 4.68 Å². The zero-order chi connectivity index (χ0) is 13.1. The van der Waals surface area contributed by atoms with Crippen molar-refractivity contribution in [2.24, 2.45) is 5.73 Å². The van der Waals surface area contributed by atoms with Crippen molar-refractivity contribution >= 4 is 5.69 Å². The van der Waals surface area contributed by atoms with E-state index in [9.17, 15) is 10.1 Å². The summed E-state index contributed by atoms with van der Waals surface area (Å²) >= 11 is 0. The Balaban J connectivity index is 2.43. The molecule has 0 bridgehead atoms. The van der Waals surface area contributed by atoms with Crippen molar-refractivity contribution in [2.75, 3.05) is 6.54 Å². The summed E-state index contributed by atoms with van der Waals surface area (Å²) in [5.41, 5.74) is 7.49. The quantitative estimate of drug-likeness (QED) is 0.641. The largest absolute Gasteiger partial charge is 0.330 e. The van der Waals surface area contributed by atoms with Gasteiger partial charge in [0.15, 0.2) is 0 Å². The van der Waals surface area contributed by atoms with Crippen LogP contribution in [0, 0.1) is 17.0 Å². The van der Waals surface area contributed by atoms with E-state index in [0.29, 0.717) is 24.2 Å². The molecule has 94 valence electrons. The fraction of sp³-hybridized carbons (Fsp3) is 0.273. The van der Waals surface area contributed by atoms with Gasteiger partial charge in [0.1, 0.15) is 0 Å². The minimum Gasteiger partial charge on any atom is -0.330 e. The Morgan fingerprint density at radius 2 is 2.28 bits per heavy atom. The van der Waals surface area contributed by atoms with Gasteiger partial charge in [0, 0.05) is 12.5 Å². The molecule has 1 aromatic heterocycles. The van der Waals surface area contributed by atoms with E-state index in [4.69, 9.17) is 5.73 Å². The van der Waals surface area contributed by atoms with Gasteiger partial charge in [0.05, 0.1) is 28.1 Å². The van der Waals surface area contributed by atoms with E-state index in [0.717, 1.165) is 5.69 Å². The van der Waals surface area contributed by atoms with E-state index in [1.807, 2.05) is 0 Å². The molecule has 0 unspecified atom stereocenters. The molecule has 0 saturated heterocycles. The minimum atomic E-state index is -0.406. The summed E-state index contributed by atoms with van der Waals surface area (Å²) in [4.78, 5) is 10.5. The average molecular weight is 247 g/mol. The van der Waals surface area contributed by atoms with Gasteiger partial charge in [-0.15, -0.1) is 5.10 Å². The summed E-state index contributed by atoms with van der Waals surface area (Å²) in [5, 5.41) is 18.8. The normalized spacial score (nSPS) is 10.6. The van der Waals surface area contributed by atoms with Gasteiger partial charge in [-0.05, 0) is 19.5 Å². The second kappa shape index (κ2) is 4.92. The Morgan fingerprint density at radius 3 is 2.94 bits per heavy atom. The third-order valence-electron chi connectivity index (χ3n) is 2.66. The molecule has 2 N–H and O–H groups in total. The molecule has 1 heterocycles. The number of benzene rings is 1. The zero-order valence-electron chi connectivity index (χ0n) is 9.91. The van der Waals surface area contributed by atoms with Crippen LogP contribution in [0.1, 0.15) is 11.3 Å². The van der Waals surface area contributed by atoms with Crippen molar-refractivity contribution < 1.29 is 4.92 Å². The predicted molar refractivity (Wildman–Crippen MR) is 65.5 cm³/mol. The third-order valence-corrected chi connectivity index (χ3v) is 2.66. The summed E-state index contributed by atoms with van der Waals surface area (Å²) in [5.74, 6) is 0. The maximum atomic E-state index is 10.9. The van der Waals surface area contributed by atoms with E-state index in [-0.39, 0.29) is 5.69 Å². The first kappa shape index (κ1) is 12.2. The summed E-state index contributed by atoms with van der Waals surface area (Å²) in [7, 11) is 0. The fourth-order valence-electron chi connectivity index (χ4n) is 1.74. The number of rotatable bonds is 4. The summed E-state index contributed by atoms with van der Waals surface area (Å²) in [6.45, 7) is 2.18. The first-order chi connectivity index (χ1) is 8.63. The molecule has 2 aromatic rings. The van der Waals surface area contributed by atoms with E-state index >= 15 is 0 Å². The van der Waals surface area contributed by atoms with Crippen LogP contribution in [0.5, 0.6) is 0 Å². The predicted octanol–water partition coefficient (Wildman–Crippen LogP) is 0.985. The van der Waals surface area contributed by atoms with Gasteiger partial charge in [0.25, 0.3) is 5.69 Å². The highest BCUT2D eigenvalue weighted by Crippen LogP contribution is 2.23. The highest BCUT2D eigenvalue weighted by molar-refractivity contribution is 5.52. The standard InChI is InChI=1S/C11H13N5O2/c1-8-10(3-2-4-11(8)16(17)18)15-7-9(5-6-12)13-14-15/h2-4,7H,5-6,12H2,1H3. The fourth-order valence-corrected chi connectivity index (χ4v) is 1.74. The van der Waals surface area contributed by atoms with Crippen LogP contribution in [0.25, 0.3) is 5.69 Å². The lowest BCUT2D eigenvalue weighted by Gasteiger charge is -2.04. The summed E-state index contributed by atoms with van der Waals surface area (Å²) in [6, 6.07) is 4.87. The Kier molecular flexibility index (Phi) is 3.33. The van der Waals surface area contributed by atoms with Crippen LogP contribution in [0.4, 0.5) is 5.69 Å². The van der Waals surface area contributed by atoms with Gasteiger partial charge < -0.3 is 5.73 Å². The monoisotopic (exact) mass is 247 g/mol. The number of hydrogen-bond donors (Lipinski definition) is 1. The summed E-state index contributed by atoms with van der Waals surface area (Å²) < 4.78 is 1.54. The SMILES string of the molecule is Cc1c(-n2cc(CCN)nn2)cccc1[N+](=O)[O-]. The van der Waals surface area contributed by atoms with Crippen LogP contribution < -0.4 is 5.73 Å². The molecule has 7 nitrogen and oxygen atoms in total. The first-order valence-corrected chi connectivity index (χ1v) is 5.49. The molecule has 2 rings (SSSR count). The van der Waals surface area contributed by atoms with Crippen molar-refractivity contribution in [3.63, 3.8) is 0 Å². The van der Waals surface area contributed by atoms with Gasteiger partial charge in [-0.2, -0.15) is 0 Å². The lowest BCUT2D eigenvalue weighted by Crippen LogP contribution is -2.03. The van der Waals surface area contributed by atoms with Crippen LogP contribution in [-0.4, -0.2) is 26.5 Å². The highest BCUT2D eigenvalue weighted by atomic mass is 16.6. The van der Waals surface area contributed by atoms with Crippen molar-refractivity contribution in [1.82, 2.24) is 15.0 Å². The van der Waals surface area contributed by atoms with E-state index in [2.05, 4.69) is 10.3 Å². The molecule has 18 heavy (non-hydrogen) atoms. The second-order valence-electron chi connectivity index (χ2n) is 3.87. The Labute approximate surface area is 103 Å². The number of nitro groups is 1. The molecule has 0 fully saturated rings. The molecule has 0 aliphatic rings. The van der Waals surface area contributed by atoms with E-state index in [1.54, 1.807) is 25.3 Å². The molecule has 0 saturated carbocycles. The molecule has 0 amide bonds. The van der Waals surface area contributed by atoms with Crippen molar-refractivity contribution in [2.45, 2.75) is 13.3 Å². The third kappa shape index (κ3) is 2.21. The number of nitrogens with zero attached hydrogens (tertiary/aromatic N) is 4. The summed E-state index contributed by atoms with van der Waals surface area (Å²) in [6.07, 6.45) is 2.37. The molecule has 0 aliphatic carbocycles. The maximum Gasteiger partial charge on any atom is 0.274 e. The average Bonchev–Trinajstić information content (AvgIpc) is 2.78. The molecule has 1 aromatic carbocycles. The molecular weight excluding hydrogens is 234 g/mol. The lowest BCUT2D eigenvalue weighted by molar-refractivity contribution is -0.385. The molecule has 0 spiro atoms. The smallest absolute Gasteiger partial charge is 0.274 e. The van der Waals surface area contributed by atoms with Gasteiger partial charge in [0.2, 0.25) is 0 Å². The number of nitro benzene ring substituents is 1. The lowest BCUT2D eigenvalue weighted by atomic mass is 10.1. The van der Waals surface area contributed by atoms with Gasteiger partial charge in [-0.3, -0.25) is 10.1 Å². The zero-order valence-corrected chi connectivity index (χ0v) is 9.91. The molecule has 7 heteroatoms. The van der Waals surface area contributed by atoms with Crippen molar-refractivity contribution in [3.05, 3.63) is 45.8 Å². The van der Waals surface area contributed by atoms with Crippen LogP contribution in [-0.2, 0) is 6.42 Å². The first-order valence-electron chi connectivity index (χ1n) is 5.49. The highest BCUT2D eigenvalue weighted by Gasteiger charge is 2.15. The number of hydrogen-bond acceptors (Lipinski definition) is 5. The Bertz CT molecular complexity index is 579. The van der Waals surface area contributed by atoms with Gasteiger partial charge in [-0.1, -0.05) is 11.3 Å². The molecule has 0 radical (unpaired) electrons. The van der Waals surface area contributed by atoms with Crippen LogP contribution in [0.3, 0.4) is 0 Å². The molecular formula is C11H13N5O2. The molecule has 0 aliphatic heterocycles. The van der Waals surface area contributed by atoms with Crippen LogP contribution in [0.15, 0.2) is 24.4 Å². The Morgan fingerprint density at radius 1 is 1.50 bits per heavy atom. The van der Waals surface area contributed by atoms with Gasteiger partial charge >= 0.3 is 0 Å². The van der Waals surface area contributed by atoms with E-state index < -0.39 is 4.92 Å². The maximum absolute atomic E-state index is 10.9. The molecule has 0 atom stereocenters.